The van der Waals surface area contributed by atoms with Gasteiger partial charge in [0.05, 0.1) is 0 Å². The second kappa shape index (κ2) is 3.90. The number of nitrogens with zero attached hydrogens (tertiary/aromatic N) is 2. The van der Waals surface area contributed by atoms with Gasteiger partial charge in [-0.15, -0.1) is 0 Å². The van der Waals surface area contributed by atoms with Gasteiger partial charge in [0.25, 0.3) is 0 Å². The van der Waals surface area contributed by atoms with Crippen molar-refractivity contribution < 1.29 is 0 Å². The van der Waals surface area contributed by atoms with Crippen LogP contribution in [0.4, 0.5) is 0 Å². The number of H-pyrrole nitrogens is 1. The second-order valence-electron chi connectivity index (χ2n) is 4.03. The predicted molar refractivity (Wildman–Crippen MR) is 51.4 cm³/mol. The molecule has 0 aliphatic heterocycles. The zero-order valence-corrected chi connectivity index (χ0v) is 8.21. The number of hydrogen-bond acceptors (Lipinski definition) is 2. The van der Waals surface area contributed by atoms with Gasteiger partial charge >= 0.3 is 0 Å². The average molecular weight is 179 g/mol. The first-order valence-electron chi connectivity index (χ1n) is 5.22. The molecular formula is C10H17N3. The van der Waals surface area contributed by atoms with E-state index >= 15 is 0 Å². The van der Waals surface area contributed by atoms with E-state index < -0.39 is 0 Å². The topological polar surface area (TPSA) is 41.6 Å². The average Bonchev–Trinajstić information content (AvgIpc) is 2.71. The van der Waals surface area contributed by atoms with E-state index in [2.05, 4.69) is 15.2 Å². The fourth-order valence-electron chi connectivity index (χ4n) is 2.13. The van der Waals surface area contributed by atoms with Gasteiger partial charge in [-0.05, 0) is 19.3 Å². The molecule has 1 aromatic rings. The van der Waals surface area contributed by atoms with Crippen LogP contribution >= 0.6 is 0 Å². The molecule has 72 valence electrons. The summed E-state index contributed by atoms with van der Waals surface area (Å²) in [5.74, 6) is 2.87. The molecule has 0 aromatic carbocycles. The Balaban J connectivity index is 1.78. The Hall–Kier alpha value is -0.860. The third-order valence-electron chi connectivity index (χ3n) is 2.89. The molecule has 0 spiro atoms. The highest BCUT2D eigenvalue weighted by Gasteiger charge is 2.15. The van der Waals surface area contributed by atoms with Crippen LogP contribution in [0.15, 0.2) is 0 Å². The summed E-state index contributed by atoms with van der Waals surface area (Å²) in [7, 11) is 0. The van der Waals surface area contributed by atoms with E-state index in [1.54, 1.807) is 0 Å². The summed E-state index contributed by atoms with van der Waals surface area (Å²) in [6.07, 6.45) is 8.02. The van der Waals surface area contributed by atoms with Crippen LogP contribution in [0.5, 0.6) is 0 Å². The summed E-state index contributed by atoms with van der Waals surface area (Å²) >= 11 is 0. The smallest absolute Gasteiger partial charge is 0.150 e. The van der Waals surface area contributed by atoms with Crippen molar-refractivity contribution in [1.29, 1.82) is 0 Å². The van der Waals surface area contributed by atoms with Gasteiger partial charge in [0.15, 0.2) is 5.82 Å². The van der Waals surface area contributed by atoms with E-state index in [1.165, 1.54) is 32.1 Å². The maximum Gasteiger partial charge on any atom is 0.150 e. The van der Waals surface area contributed by atoms with Gasteiger partial charge in [-0.3, -0.25) is 5.10 Å². The Morgan fingerprint density at radius 2 is 2.15 bits per heavy atom. The lowest BCUT2D eigenvalue weighted by molar-refractivity contribution is 0.497. The Morgan fingerprint density at radius 1 is 1.38 bits per heavy atom. The summed E-state index contributed by atoms with van der Waals surface area (Å²) in [4.78, 5) is 4.30. The molecule has 3 heteroatoms. The summed E-state index contributed by atoms with van der Waals surface area (Å²) in [6, 6.07) is 0. The van der Waals surface area contributed by atoms with Gasteiger partial charge in [-0.1, -0.05) is 25.7 Å². The standard InChI is InChI=1S/C10H17N3/c1-8-11-10(13-12-8)7-6-9-4-2-3-5-9/h9H,2-7H2,1H3,(H,11,12,13). The highest BCUT2D eigenvalue weighted by molar-refractivity contribution is 4.88. The van der Waals surface area contributed by atoms with E-state index in [1.807, 2.05) is 6.92 Å². The van der Waals surface area contributed by atoms with Crippen molar-refractivity contribution in [3.8, 4) is 0 Å². The molecular weight excluding hydrogens is 162 g/mol. The second-order valence-corrected chi connectivity index (χ2v) is 4.03. The van der Waals surface area contributed by atoms with Crippen molar-refractivity contribution in [2.24, 2.45) is 5.92 Å². The van der Waals surface area contributed by atoms with E-state index in [4.69, 9.17) is 0 Å². The Bertz CT molecular complexity index is 261. The highest BCUT2D eigenvalue weighted by atomic mass is 15.2. The molecule has 1 N–H and O–H groups in total. The minimum atomic E-state index is 0.932. The molecule has 0 saturated heterocycles. The molecule has 13 heavy (non-hydrogen) atoms. The predicted octanol–water partition coefficient (Wildman–Crippen LogP) is 2.24. The lowest BCUT2D eigenvalue weighted by Gasteiger charge is -2.05. The van der Waals surface area contributed by atoms with Gasteiger partial charge in [-0.25, -0.2) is 4.98 Å². The number of rotatable bonds is 3. The van der Waals surface area contributed by atoms with Crippen LogP contribution in [0, 0.1) is 12.8 Å². The van der Waals surface area contributed by atoms with Crippen LogP contribution in [0.2, 0.25) is 0 Å². The van der Waals surface area contributed by atoms with Crippen molar-refractivity contribution >= 4 is 0 Å². The largest absolute Gasteiger partial charge is 0.263 e. The van der Waals surface area contributed by atoms with Crippen LogP contribution in [-0.2, 0) is 6.42 Å². The Morgan fingerprint density at radius 3 is 2.77 bits per heavy atom. The number of aryl methyl sites for hydroxylation is 2. The van der Waals surface area contributed by atoms with Crippen molar-refractivity contribution in [3.63, 3.8) is 0 Å². The van der Waals surface area contributed by atoms with Crippen LogP contribution < -0.4 is 0 Å². The molecule has 0 bridgehead atoms. The van der Waals surface area contributed by atoms with E-state index in [0.29, 0.717) is 0 Å². The molecule has 0 radical (unpaired) electrons. The number of nitrogens with one attached hydrogen (secondary N) is 1. The third kappa shape index (κ3) is 2.29. The first-order chi connectivity index (χ1) is 6.34. The minimum Gasteiger partial charge on any atom is -0.263 e. The number of aromatic nitrogens is 3. The zero-order valence-electron chi connectivity index (χ0n) is 8.21. The zero-order chi connectivity index (χ0) is 9.10. The molecule has 1 fully saturated rings. The summed E-state index contributed by atoms with van der Waals surface area (Å²) in [6.45, 7) is 1.95. The third-order valence-corrected chi connectivity index (χ3v) is 2.89. The minimum absolute atomic E-state index is 0.932. The van der Waals surface area contributed by atoms with Gasteiger partial charge in [-0.2, -0.15) is 5.10 Å². The van der Waals surface area contributed by atoms with Crippen molar-refractivity contribution in [2.45, 2.75) is 45.4 Å². The normalized spacial score (nSPS) is 18.2. The molecule has 1 aliphatic rings. The van der Waals surface area contributed by atoms with Crippen molar-refractivity contribution in [3.05, 3.63) is 11.6 Å². The molecule has 1 aliphatic carbocycles. The summed E-state index contributed by atoms with van der Waals surface area (Å²) < 4.78 is 0. The maximum atomic E-state index is 4.30. The fourth-order valence-corrected chi connectivity index (χ4v) is 2.13. The van der Waals surface area contributed by atoms with E-state index in [9.17, 15) is 0 Å². The quantitative estimate of drug-likeness (QED) is 0.773. The molecule has 1 saturated carbocycles. The molecule has 0 unspecified atom stereocenters. The monoisotopic (exact) mass is 179 g/mol. The fraction of sp³-hybridized carbons (Fsp3) is 0.800. The molecule has 0 amide bonds. The van der Waals surface area contributed by atoms with E-state index in [0.717, 1.165) is 24.0 Å². The lowest BCUT2D eigenvalue weighted by Crippen LogP contribution is -1.97. The maximum absolute atomic E-state index is 4.30. The van der Waals surface area contributed by atoms with Crippen LogP contribution in [-0.4, -0.2) is 15.2 Å². The Kier molecular flexibility index (Phi) is 2.62. The molecule has 3 nitrogen and oxygen atoms in total. The van der Waals surface area contributed by atoms with Gasteiger partial charge in [0.2, 0.25) is 0 Å². The van der Waals surface area contributed by atoms with Gasteiger partial charge in [0.1, 0.15) is 5.82 Å². The molecule has 1 aromatic heterocycles. The first-order valence-corrected chi connectivity index (χ1v) is 5.22. The van der Waals surface area contributed by atoms with Crippen molar-refractivity contribution in [2.75, 3.05) is 0 Å². The molecule has 0 atom stereocenters. The van der Waals surface area contributed by atoms with Crippen molar-refractivity contribution in [1.82, 2.24) is 15.2 Å². The number of aromatic amines is 1. The summed E-state index contributed by atoms with van der Waals surface area (Å²) in [5.41, 5.74) is 0. The Labute approximate surface area is 79.0 Å². The van der Waals surface area contributed by atoms with Crippen LogP contribution in [0.1, 0.15) is 43.8 Å². The van der Waals surface area contributed by atoms with Crippen LogP contribution in [0.25, 0.3) is 0 Å². The first kappa shape index (κ1) is 8.73. The molecule has 2 rings (SSSR count). The summed E-state index contributed by atoms with van der Waals surface area (Å²) in [5, 5.41) is 7.02. The lowest BCUT2D eigenvalue weighted by atomic mass is 10.0. The van der Waals surface area contributed by atoms with Crippen LogP contribution in [0.3, 0.4) is 0 Å². The van der Waals surface area contributed by atoms with Gasteiger partial charge in [0, 0.05) is 6.42 Å². The highest BCUT2D eigenvalue weighted by Crippen LogP contribution is 2.28. The SMILES string of the molecule is Cc1nc(CCC2CCCC2)n[nH]1. The molecule has 1 heterocycles. The van der Waals surface area contributed by atoms with E-state index in [-0.39, 0.29) is 0 Å². The number of hydrogen-bond donors (Lipinski definition) is 1. The van der Waals surface area contributed by atoms with Gasteiger partial charge < -0.3 is 0 Å².